The van der Waals surface area contributed by atoms with Gasteiger partial charge in [0.05, 0.1) is 11.3 Å². The molecular formula is C27H27FN4O. The predicted octanol–water partition coefficient (Wildman–Crippen LogP) is 5.48. The van der Waals surface area contributed by atoms with Gasteiger partial charge in [0.25, 0.3) is 5.56 Å². The molecule has 4 aromatic rings. The van der Waals surface area contributed by atoms with Crippen LogP contribution in [0.2, 0.25) is 0 Å². The number of nitrogens with one attached hydrogen (secondary N) is 1. The van der Waals surface area contributed by atoms with Crippen LogP contribution in [0.1, 0.15) is 24.5 Å². The van der Waals surface area contributed by atoms with Crippen molar-refractivity contribution in [3.8, 4) is 22.4 Å². The summed E-state index contributed by atoms with van der Waals surface area (Å²) in [6.07, 6.45) is 5.20. The van der Waals surface area contributed by atoms with Crippen LogP contribution in [-0.4, -0.2) is 21.1 Å². The smallest absolute Gasteiger partial charge is 0.263 e. The van der Waals surface area contributed by atoms with Crippen molar-refractivity contribution >= 4 is 5.95 Å². The van der Waals surface area contributed by atoms with Gasteiger partial charge in [-0.25, -0.2) is 9.37 Å². The molecule has 0 saturated carbocycles. The first-order chi connectivity index (χ1) is 16.1. The van der Waals surface area contributed by atoms with Crippen LogP contribution >= 0.6 is 0 Å². The molecule has 2 aromatic heterocycles. The number of rotatable bonds is 8. The van der Waals surface area contributed by atoms with E-state index in [4.69, 9.17) is 4.98 Å². The highest BCUT2D eigenvalue weighted by Crippen LogP contribution is 2.29. The van der Waals surface area contributed by atoms with E-state index < -0.39 is 0 Å². The minimum absolute atomic E-state index is 0.160. The molecule has 1 N–H and O–H groups in total. The molecule has 2 heterocycles. The van der Waals surface area contributed by atoms with Crippen LogP contribution in [0.4, 0.5) is 10.3 Å². The number of halogens is 1. The van der Waals surface area contributed by atoms with Crippen LogP contribution in [0.25, 0.3) is 22.4 Å². The Hall–Kier alpha value is -3.80. The molecule has 0 saturated heterocycles. The molecule has 33 heavy (non-hydrogen) atoms. The second-order valence-corrected chi connectivity index (χ2v) is 7.91. The fraction of sp³-hybridized carbons (Fsp3) is 0.222. The van der Waals surface area contributed by atoms with Crippen molar-refractivity contribution in [1.29, 1.82) is 0 Å². The Morgan fingerprint density at radius 2 is 1.70 bits per heavy atom. The largest absolute Gasteiger partial charge is 0.356 e. The Morgan fingerprint density at radius 3 is 2.39 bits per heavy atom. The van der Waals surface area contributed by atoms with Gasteiger partial charge in [0.1, 0.15) is 5.82 Å². The molecule has 0 atom stereocenters. The highest BCUT2D eigenvalue weighted by molar-refractivity contribution is 5.80. The first kappa shape index (κ1) is 22.4. The van der Waals surface area contributed by atoms with Crippen molar-refractivity contribution in [2.45, 2.75) is 33.2 Å². The van der Waals surface area contributed by atoms with Gasteiger partial charge < -0.3 is 5.32 Å². The lowest BCUT2D eigenvalue weighted by molar-refractivity contribution is 0.628. The van der Waals surface area contributed by atoms with Crippen molar-refractivity contribution in [3.05, 3.63) is 100 Å². The highest BCUT2D eigenvalue weighted by atomic mass is 19.1. The van der Waals surface area contributed by atoms with Crippen molar-refractivity contribution in [3.63, 3.8) is 0 Å². The van der Waals surface area contributed by atoms with Crippen LogP contribution < -0.4 is 10.9 Å². The maximum atomic E-state index is 13.6. The van der Waals surface area contributed by atoms with Gasteiger partial charge in [0.2, 0.25) is 5.95 Å². The molecule has 0 bridgehead atoms. The Kier molecular flexibility index (Phi) is 6.93. The average molecular weight is 443 g/mol. The molecule has 6 heteroatoms. The van der Waals surface area contributed by atoms with Crippen molar-refractivity contribution in [2.75, 3.05) is 11.9 Å². The van der Waals surface area contributed by atoms with Gasteiger partial charge in [0.15, 0.2) is 0 Å². The van der Waals surface area contributed by atoms with Gasteiger partial charge in [-0.3, -0.25) is 14.3 Å². The van der Waals surface area contributed by atoms with Gasteiger partial charge in [-0.05, 0) is 67.6 Å². The molecule has 5 nitrogen and oxygen atoms in total. The molecule has 0 spiro atoms. The number of anilines is 1. The summed E-state index contributed by atoms with van der Waals surface area (Å²) < 4.78 is 15.2. The maximum Gasteiger partial charge on any atom is 0.263 e. The van der Waals surface area contributed by atoms with Gasteiger partial charge in [-0.15, -0.1) is 0 Å². The topological polar surface area (TPSA) is 59.8 Å². The van der Waals surface area contributed by atoms with E-state index in [1.165, 1.54) is 23.3 Å². The lowest BCUT2D eigenvalue weighted by Crippen LogP contribution is -2.27. The molecule has 0 fully saturated rings. The normalized spacial score (nSPS) is 10.9. The van der Waals surface area contributed by atoms with E-state index in [2.05, 4.69) is 35.4 Å². The second-order valence-electron chi connectivity index (χ2n) is 7.91. The van der Waals surface area contributed by atoms with Gasteiger partial charge in [-0.1, -0.05) is 36.4 Å². The van der Waals surface area contributed by atoms with E-state index in [0.29, 0.717) is 35.9 Å². The summed E-state index contributed by atoms with van der Waals surface area (Å²) in [4.78, 5) is 22.5. The Labute approximate surface area is 193 Å². The summed E-state index contributed by atoms with van der Waals surface area (Å²) in [7, 11) is 0. The quantitative estimate of drug-likeness (QED) is 0.367. The Bertz CT molecular complexity index is 1280. The number of hydrogen-bond donors (Lipinski definition) is 1. The first-order valence-electron chi connectivity index (χ1n) is 11.2. The molecule has 0 aliphatic carbocycles. The SMILES string of the molecule is CCn1c(NCCCc2ccccc2C)nc(-c2ccncc2)c(-c2ccc(F)cc2)c1=O. The summed E-state index contributed by atoms with van der Waals surface area (Å²) in [5.74, 6) is 0.185. The summed E-state index contributed by atoms with van der Waals surface area (Å²) >= 11 is 0. The van der Waals surface area contributed by atoms with Crippen molar-refractivity contribution in [1.82, 2.24) is 14.5 Å². The molecule has 0 aliphatic heterocycles. The van der Waals surface area contributed by atoms with Crippen LogP contribution in [0.5, 0.6) is 0 Å². The zero-order valence-corrected chi connectivity index (χ0v) is 18.9. The van der Waals surface area contributed by atoms with E-state index in [1.807, 2.05) is 25.1 Å². The number of aromatic nitrogens is 3. The van der Waals surface area contributed by atoms with Gasteiger partial charge in [-0.2, -0.15) is 0 Å². The van der Waals surface area contributed by atoms with E-state index >= 15 is 0 Å². The minimum Gasteiger partial charge on any atom is -0.356 e. The summed E-state index contributed by atoms with van der Waals surface area (Å²) in [5.41, 5.74) is 4.87. The third kappa shape index (κ3) is 5.00. The number of aryl methyl sites for hydroxylation is 2. The Morgan fingerprint density at radius 1 is 0.970 bits per heavy atom. The minimum atomic E-state index is -0.347. The van der Waals surface area contributed by atoms with Crippen LogP contribution in [0.15, 0.2) is 77.9 Å². The lowest BCUT2D eigenvalue weighted by atomic mass is 10.0. The second kappa shape index (κ2) is 10.2. The third-order valence-electron chi connectivity index (χ3n) is 5.74. The number of pyridine rings is 1. The maximum absolute atomic E-state index is 13.6. The predicted molar refractivity (Wildman–Crippen MR) is 131 cm³/mol. The van der Waals surface area contributed by atoms with E-state index in [0.717, 1.165) is 18.4 Å². The number of benzene rings is 2. The molecule has 2 aromatic carbocycles. The molecular weight excluding hydrogens is 415 g/mol. The summed E-state index contributed by atoms with van der Waals surface area (Å²) in [6.45, 7) is 5.19. The molecule has 4 rings (SSSR count). The monoisotopic (exact) mass is 442 g/mol. The molecule has 168 valence electrons. The lowest BCUT2D eigenvalue weighted by Gasteiger charge is -2.17. The van der Waals surface area contributed by atoms with Crippen LogP contribution in [-0.2, 0) is 13.0 Å². The first-order valence-corrected chi connectivity index (χ1v) is 11.2. The standard InChI is InChI=1S/C27H27FN4O/c1-3-32-26(33)24(21-10-12-23(28)13-11-21)25(22-14-17-29-18-15-22)31-27(32)30-16-6-9-20-8-5-4-7-19(20)2/h4-5,7-8,10-15,17-18H,3,6,9,16H2,1-2H3,(H,30,31). The number of nitrogens with zero attached hydrogens (tertiary/aromatic N) is 3. The fourth-order valence-electron chi connectivity index (χ4n) is 3.95. The van der Waals surface area contributed by atoms with Gasteiger partial charge >= 0.3 is 0 Å². The third-order valence-corrected chi connectivity index (χ3v) is 5.74. The van der Waals surface area contributed by atoms with Crippen molar-refractivity contribution in [2.24, 2.45) is 0 Å². The zero-order valence-electron chi connectivity index (χ0n) is 18.9. The van der Waals surface area contributed by atoms with Crippen molar-refractivity contribution < 1.29 is 4.39 Å². The highest BCUT2D eigenvalue weighted by Gasteiger charge is 2.19. The van der Waals surface area contributed by atoms with E-state index in [1.54, 1.807) is 29.1 Å². The average Bonchev–Trinajstić information content (AvgIpc) is 2.84. The van der Waals surface area contributed by atoms with Crippen LogP contribution in [0, 0.1) is 12.7 Å². The summed E-state index contributed by atoms with van der Waals surface area (Å²) in [5, 5.41) is 3.37. The van der Waals surface area contributed by atoms with Gasteiger partial charge in [0, 0.05) is 31.0 Å². The summed E-state index contributed by atoms with van der Waals surface area (Å²) in [6, 6.07) is 18.0. The zero-order chi connectivity index (χ0) is 23.2. The Balaban J connectivity index is 1.69. The van der Waals surface area contributed by atoms with E-state index in [-0.39, 0.29) is 11.4 Å². The molecule has 0 unspecified atom stereocenters. The molecule has 0 aliphatic rings. The van der Waals surface area contributed by atoms with E-state index in [9.17, 15) is 9.18 Å². The van der Waals surface area contributed by atoms with Crippen LogP contribution in [0.3, 0.4) is 0 Å². The fourth-order valence-corrected chi connectivity index (χ4v) is 3.95. The number of hydrogen-bond acceptors (Lipinski definition) is 4. The molecule has 0 amide bonds. The molecule has 0 radical (unpaired) electrons.